The molecular weight excluding hydrogens is 138 g/mol. The number of nitrogens with zero attached hydrogens (tertiary/aromatic N) is 2. The number of benzene rings is 1. The topological polar surface area (TPSA) is 60.8 Å². The van der Waals surface area contributed by atoms with Crippen LogP contribution in [0.5, 0.6) is 0 Å². The quantitative estimate of drug-likeness (QED) is 0.618. The van der Waals surface area contributed by atoms with Crippen molar-refractivity contribution in [3.8, 4) is 0 Å². The van der Waals surface area contributed by atoms with E-state index in [4.69, 9.17) is 0 Å². The van der Waals surface area contributed by atoms with E-state index in [-0.39, 0.29) is 6.15 Å². The van der Waals surface area contributed by atoms with Crippen LogP contribution in [0.1, 0.15) is 0 Å². The highest BCUT2D eigenvalue weighted by Crippen LogP contribution is 2.06. The average Bonchev–Trinajstić information content (AvgIpc) is 2.05. The van der Waals surface area contributed by atoms with E-state index in [2.05, 4.69) is 9.97 Å². The zero-order valence-corrected chi connectivity index (χ0v) is 6.07. The molecule has 0 aliphatic carbocycles. The molecule has 0 bridgehead atoms. The summed E-state index contributed by atoms with van der Waals surface area (Å²) in [6, 6.07) is 7.91. The van der Waals surface area contributed by atoms with Crippen molar-refractivity contribution in [1.29, 1.82) is 0 Å². The van der Waals surface area contributed by atoms with Gasteiger partial charge in [-0.15, -0.1) is 0 Å². The number of hydrogen-bond donors (Lipinski definition) is 1. The smallest absolute Gasteiger partial charge is 0.116 e. The molecule has 11 heavy (non-hydrogen) atoms. The highest BCUT2D eigenvalue weighted by molar-refractivity contribution is 5.76. The van der Waals surface area contributed by atoms with Crippen molar-refractivity contribution in [3.63, 3.8) is 0 Å². The van der Waals surface area contributed by atoms with Gasteiger partial charge in [0.1, 0.15) is 6.33 Å². The highest BCUT2D eigenvalue weighted by atomic mass is 14.8. The average molecular weight is 147 g/mol. The zero-order valence-electron chi connectivity index (χ0n) is 6.07. The van der Waals surface area contributed by atoms with Crippen molar-refractivity contribution in [2.24, 2.45) is 0 Å². The minimum Gasteiger partial charge on any atom is -0.344 e. The van der Waals surface area contributed by atoms with Crippen LogP contribution in [0.2, 0.25) is 0 Å². The predicted octanol–water partition coefficient (Wildman–Crippen LogP) is 1.79. The van der Waals surface area contributed by atoms with Crippen LogP contribution in [-0.2, 0) is 0 Å². The summed E-state index contributed by atoms with van der Waals surface area (Å²) in [5.74, 6) is 0. The Hall–Kier alpha value is -1.48. The summed E-state index contributed by atoms with van der Waals surface area (Å²) >= 11 is 0. The molecule has 2 aromatic rings. The number of fused-ring (bicyclic) bond motifs is 1. The first kappa shape index (κ1) is 7.63. The van der Waals surface area contributed by atoms with E-state index >= 15 is 0 Å². The summed E-state index contributed by atoms with van der Waals surface area (Å²) in [6.45, 7) is 0. The van der Waals surface area contributed by atoms with Crippen LogP contribution in [0.25, 0.3) is 10.9 Å². The van der Waals surface area contributed by atoms with Gasteiger partial charge in [0.15, 0.2) is 0 Å². The maximum absolute atomic E-state index is 4.07. The molecule has 0 atom stereocenters. The second-order valence-corrected chi connectivity index (χ2v) is 2.08. The minimum atomic E-state index is 0. The molecule has 1 heterocycles. The van der Waals surface area contributed by atoms with Gasteiger partial charge in [0.2, 0.25) is 0 Å². The molecule has 0 aliphatic rings. The first-order valence-electron chi connectivity index (χ1n) is 3.11. The standard InChI is InChI=1S/C8H6N2.H3N/c1-2-4-8-7(3-1)5-9-6-10-8;/h1-6H;1H3. The molecule has 0 amide bonds. The van der Waals surface area contributed by atoms with E-state index in [1.54, 1.807) is 6.33 Å². The van der Waals surface area contributed by atoms with Gasteiger partial charge in [0.25, 0.3) is 0 Å². The van der Waals surface area contributed by atoms with E-state index in [1.165, 1.54) is 0 Å². The van der Waals surface area contributed by atoms with Crippen molar-refractivity contribution in [3.05, 3.63) is 36.8 Å². The molecule has 0 unspecified atom stereocenters. The van der Waals surface area contributed by atoms with Crippen LogP contribution in [0.3, 0.4) is 0 Å². The Balaban J connectivity index is 0.000000605. The van der Waals surface area contributed by atoms with Crippen LogP contribution in [-0.4, -0.2) is 9.97 Å². The molecule has 3 N–H and O–H groups in total. The molecule has 0 radical (unpaired) electrons. The Kier molecular flexibility index (Phi) is 2.13. The first-order valence-corrected chi connectivity index (χ1v) is 3.11. The summed E-state index contributed by atoms with van der Waals surface area (Å²) in [5, 5.41) is 1.09. The molecule has 3 nitrogen and oxygen atoms in total. The van der Waals surface area contributed by atoms with Crippen molar-refractivity contribution in [2.45, 2.75) is 0 Å². The minimum absolute atomic E-state index is 0. The first-order chi connectivity index (χ1) is 4.97. The van der Waals surface area contributed by atoms with Crippen LogP contribution in [0.15, 0.2) is 36.8 Å². The zero-order chi connectivity index (χ0) is 6.81. The van der Waals surface area contributed by atoms with Crippen molar-refractivity contribution >= 4 is 10.9 Å². The molecule has 1 aromatic heterocycles. The van der Waals surface area contributed by atoms with E-state index in [1.807, 2.05) is 30.5 Å². The Morgan fingerprint density at radius 2 is 1.91 bits per heavy atom. The van der Waals surface area contributed by atoms with Gasteiger partial charge in [-0.25, -0.2) is 9.97 Å². The van der Waals surface area contributed by atoms with Gasteiger partial charge in [-0.05, 0) is 6.07 Å². The Labute approximate surface area is 64.7 Å². The Morgan fingerprint density at radius 3 is 2.73 bits per heavy atom. The summed E-state index contributed by atoms with van der Waals surface area (Å²) in [5.41, 5.74) is 0.998. The molecule has 1 aromatic carbocycles. The fraction of sp³-hybridized carbons (Fsp3) is 0. The van der Waals surface area contributed by atoms with Gasteiger partial charge in [-0.2, -0.15) is 0 Å². The van der Waals surface area contributed by atoms with Crippen LogP contribution in [0, 0.1) is 0 Å². The van der Waals surface area contributed by atoms with Gasteiger partial charge < -0.3 is 6.15 Å². The maximum atomic E-state index is 4.07. The molecule has 0 saturated heterocycles. The second-order valence-electron chi connectivity index (χ2n) is 2.08. The van der Waals surface area contributed by atoms with Crippen molar-refractivity contribution in [2.75, 3.05) is 0 Å². The third kappa shape index (κ3) is 1.33. The van der Waals surface area contributed by atoms with E-state index in [0.717, 1.165) is 10.9 Å². The number of rotatable bonds is 0. The Bertz CT molecular complexity index is 280. The van der Waals surface area contributed by atoms with Crippen molar-refractivity contribution < 1.29 is 0 Å². The molecule has 2 rings (SSSR count). The largest absolute Gasteiger partial charge is 0.344 e. The predicted molar refractivity (Wildman–Crippen MR) is 44.6 cm³/mol. The summed E-state index contributed by atoms with van der Waals surface area (Å²) < 4.78 is 0. The van der Waals surface area contributed by atoms with E-state index in [9.17, 15) is 0 Å². The lowest BCUT2D eigenvalue weighted by atomic mass is 10.2. The van der Waals surface area contributed by atoms with Gasteiger partial charge in [0, 0.05) is 11.6 Å². The fourth-order valence-electron chi connectivity index (χ4n) is 0.923. The lowest BCUT2D eigenvalue weighted by Gasteiger charge is -1.90. The lowest BCUT2D eigenvalue weighted by Crippen LogP contribution is -1.77. The van der Waals surface area contributed by atoms with Gasteiger partial charge in [-0.1, -0.05) is 18.2 Å². The second kappa shape index (κ2) is 3.07. The Morgan fingerprint density at radius 1 is 1.09 bits per heavy atom. The summed E-state index contributed by atoms with van der Waals surface area (Å²) in [7, 11) is 0. The molecule has 0 spiro atoms. The normalized spacial score (nSPS) is 9.09. The van der Waals surface area contributed by atoms with Gasteiger partial charge in [0.05, 0.1) is 5.52 Å². The number of aromatic nitrogens is 2. The molecule has 0 saturated carbocycles. The van der Waals surface area contributed by atoms with E-state index in [0.29, 0.717) is 0 Å². The van der Waals surface area contributed by atoms with Crippen LogP contribution >= 0.6 is 0 Å². The molecule has 0 fully saturated rings. The maximum Gasteiger partial charge on any atom is 0.116 e. The van der Waals surface area contributed by atoms with Gasteiger partial charge >= 0.3 is 0 Å². The molecule has 0 aliphatic heterocycles. The van der Waals surface area contributed by atoms with E-state index < -0.39 is 0 Å². The summed E-state index contributed by atoms with van der Waals surface area (Å²) in [4.78, 5) is 7.97. The van der Waals surface area contributed by atoms with Crippen LogP contribution < -0.4 is 6.15 Å². The summed E-state index contributed by atoms with van der Waals surface area (Å²) in [6.07, 6.45) is 3.37. The third-order valence-corrected chi connectivity index (χ3v) is 1.41. The lowest BCUT2D eigenvalue weighted by molar-refractivity contribution is 1.22. The van der Waals surface area contributed by atoms with Crippen LogP contribution in [0.4, 0.5) is 0 Å². The molecule has 56 valence electrons. The fourth-order valence-corrected chi connectivity index (χ4v) is 0.923. The highest BCUT2D eigenvalue weighted by Gasteiger charge is 1.87. The number of para-hydroxylation sites is 1. The number of hydrogen-bond acceptors (Lipinski definition) is 3. The SMILES string of the molecule is N.c1ccc2ncncc2c1. The molecular formula is C8H9N3. The monoisotopic (exact) mass is 147 g/mol. The van der Waals surface area contributed by atoms with Gasteiger partial charge in [-0.3, -0.25) is 0 Å². The molecule has 3 heteroatoms. The third-order valence-electron chi connectivity index (χ3n) is 1.41. The van der Waals surface area contributed by atoms with Crippen molar-refractivity contribution in [1.82, 2.24) is 16.1 Å².